The summed E-state index contributed by atoms with van der Waals surface area (Å²) in [5.74, 6) is -0.450. The molecule has 170 valence electrons. The zero-order valence-electron chi connectivity index (χ0n) is 17.9. The Bertz CT molecular complexity index is 1530. The summed E-state index contributed by atoms with van der Waals surface area (Å²) in [5, 5.41) is 2.56. The van der Waals surface area contributed by atoms with Crippen LogP contribution in [0.15, 0.2) is 72.8 Å². The lowest BCUT2D eigenvalue weighted by Gasteiger charge is -2.08. The molecule has 3 aromatic carbocycles. The summed E-state index contributed by atoms with van der Waals surface area (Å²) >= 11 is 12.0. The lowest BCUT2D eigenvalue weighted by Crippen LogP contribution is -2.08. The number of carbonyl (C=O) groups is 1. The minimum Gasteiger partial charge on any atom is -0.425 e. The van der Waals surface area contributed by atoms with E-state index in [1.807, 2.05) is 36.4 Å². The summed E-state index contributed by atoms with van der Waals surface area (Å²) in [6, 6.07) is 21.2. The van der Waals surface area contributed by atoms with Gasteiger partial charge in [0.05, 0.1) is 21.9 Å². The molecule has 5 rings (SSSR count). The largest absolute Gasteiger partial charge is 0.425 e. The number of rotatable bonds is 6. The molecular weight excluding hydrogens is 474 g/mol. The van der Waals surface area contributed by atoms with Crippen molar-refractivity contribution in [1.29, 1.82) is 0 Å². The van der Waals surface area contributed by atoms with Crippen LogP contribution in [-0.4, -0.2) is 15.9 Å². The van der Waals surface area contributed by atoms with Gasteiger partial charge < -0.3 is 9.72 Å². The highest BCUT2D eigenvalue weighted by molar-refractivity contribution is 6.35. The number of para-hydroxylation sites is 1. The van der Waals surface area contributed by atoms with Gasteiger partial charge in [0.25, 0.3) is 0 Å². The second-order valence-electron chi connectivity index (χ2n) is 7.96. The number of aromatic nitrogens is 2. The molecule has 0 unspecified atom stereocenters. The number of aromatic amines is 1. The van der Waals surface area contributed by atoms with Crippen LogP contribution in [0.1, 0.15) is 18.4 Å². The molecule has 0 aliphatic rings. The lowest BCUT2D eigenvalue weighted by atomic mass is 10.0. The first-order chi connectivity index (χ1) is 16.5. The van der Waals surface area contributed by atoms with Crippen molar-refractivity contribution in [1.82, 2.24) is 9.97 Å². The van der Waals surface area contributed by atoms with Crippen molar-refractivity contribution in [2.24, 2.45) is 0 Å². The fourth-order valence-corrected chi connectivity index (χ4v) is 4.49. The summed E-state index contributed by atoms with van der Waals surface area (Å²) in [4.78, 5) is 20.6. The summed E-state index contributed by atoms with van der Waals surface area (Å²) < 4.78 is 19.4. The first-order valence-electron chi connectivity index (χ1n) is 10.8. The Balaban J connectivity index is 1.40. The first-order valence-corrected chi connectivity index (χ1v) is 11.6. The van der Waals surface area contributed by atoms with Gasteiger partial charge in [-0.3, -0.25) is 4.79 Å². The molecule has 4 nitrogen and oxygen atoms in total. The Morgan fingerprint density at radius 1 is 1.00 bits per heavy atom. The van der Waals surface area contributed by atoms with Gasteiger partial charge in [-0.05, 0) is 66.9 Å². The summed E-state index contributed by atoms with van der Waals surface area (Å²) in [6.07, 6.45) is 1.22. The Morgan fingerprint density at radius 2 is 1.85 bits per heavy atom. The average Bonchev–Trinajstić information content (AvgIpc) is 3.18. The van der Waals surface area contributed by atoms with Crippen molar-refractivity contribution in [2.75, 3.05) is 0 Å². The number of esters is 1. The number of nitrogens with zero attached hydrogens (tertiary/aromatic N) is 1. The third-order valence-electron chi connectivity index (χ3n) is 5.65. The molecule has 0 spiro atoms. The molecule has 0 fully saturated rings. The molecule has 1 N–H and O–H groups in total. The fourth-order valence-electron chi connectivity index (χ4n) is 4.04. The Labute approximate surface area is 205 Å². The van der Waals surface area contributed by atoms with Gasteiger partial charge in [0.15, 0.2) is 0 Å². The normalized spacial score (nSPS) is 11.3. The number of pyridine rings is 1. The molecule has 2 aromatic heterocycles. The smallest absolute Gasteiger partial charge is 0.311 e. The molecular formula is C27H19Cl2FN2O2. The van der Waals surface area contributed by atoms with Crippen molar-refractivity contribution < 1.29 is 13.9 Å². The van der Waals surface area contributed by atoms with Crippen LogP contribution in [0.2, 0.25) is 10.0 Å². The molecule has 0 saturated heterocycles. The Hall–Kier alpha value is -3.41. The molecule has 7 heteroatoms. The van der Waals surface area contributed by atoms with E-state index in [2.05, 4.69) is 4.98 Å². The van der Waals surface area contributed by atoms with Crippen LogP contribution in [0.25, 0.3) is 33.2 Å². The summed E-state index contributed by atoms with van der Waals surface area (Å²) in [7, 11) is 0. The maximum atomic E-state index is 14.1. The van der Waals surface area contributed by atoms with E-state index in [4.69, 9.17) is 32.9 Å². The predicted octanol–water partition coefficient (Wildman–Crippen LogP) is 7.76. The molecule has 2 heterocycles. The van der Waals surface area contributed by atoms with E-state index in [0.717, 1.165) is 38.8 Å². The number of halogens is 3. The molecule has 0 atom stereocenters. The highest BCUT2D eigenvalue weighted by atomic mass is 35.5. The summed E-state index contributed by atoms with van der Waals surface area (Å²) in [5.41, 5.74) is 4.19. The molecule has 0 saturated carbocycles. The quantitative estimate of drug-likeness (QED) is 0.194. The van der Waals surface area contributed by atoms with E-state index in [1.54, 1.807) is 18.2 Å². The first kappa shape index (κ1) is 22.4. The number of nitrogens with one attached hydrogen (secondary N) is 1. The third-order valence-corrected chi connectivity index (χ3v) is 6.18. The zero-order valence-corrected chi connectivity index (χ0v) is 19.5. The average molecular weight is 493 g/mol. The van der Waals surface area contributed by atoms with Gasteiger partial charge in [0.1, 0.15) is 11.6 Å². The van der Waals surface area contributed by atoms with Crippen LogP contribution in [0, 0.1) is 5.82 Å². The molecule has 0 aliphatic heterocycles. The molecule has 0 radical (unpaired) electrons. The van der Waals surface area contributed by atoms with E-state index in [1.165, 1.54) is 18.2 Å². The van der Waals surface area contributed by atoms with E-state index < -0.39 is 5.97 Å². The maximum Gasteiger partial charge on any atom is 0.311 e. The number of carbonyl (C=O) groups excluding carboxylic acids is 1. The van der Waals surface area contributed by atoms with Crippen LogP contribution >= 0.6 is 23.2 Å². The maximum absolute atomic E-state index is 14.1. The molecule has 0 aliphatic carbocycles. The van der Waals surface area contributed by atoms with Gasteiger partial charge in [-0.25, -0.2) is 9.37 Å². The van der Waals surface area contributed by atoms with Crippen LogP contribution in [0.4, 0.5) is 4.39 Å². The number of fused-ring (bicyclic) bond motifs is 2. The number of hydrogen-bond donors (Lipinski definition) is 1. The second kappa shape index (κ2) is 9.45. The van der Waals surface area contributed by atoms with Gasteiger partial charge >= 0.3 is 5.97 Å². The number of benzene rings is 3. The minimum absolute atomic E-state index is 0.172. The topological polar surface area (TPSA) is 55.0 Å². The van der Waals surface area contributed by atoms with Crippen LogP contribution in [-0.2, 0) is 11.2 Å². The van der Waals surface area contributed by atoms with Gasteiger partial charge in [-0.2, -0.15) is 0 Å². The molecule has 5 aromatic rings. The van der Waals surface area contributed by atoms with E-state index in [9.17, 15) is 9.18 Å². The minimum atomic E-state index is -0.402. The number of H-pyrrole nitrogens is 1. The van der Waals surface area contributed by atoms with Crippen molar-refractivity contribution >= 4 is 51.0 Å². The van der Waals surface area contributed by atoms with Crippen molar-refractivity contribution in [3.05, 3.63) is 94.2 Å². The van der Waals surface area contributed by atoms with E-state index >= 15 is 0 Å². The highest BCUT2D eigenvalue weighted by Gasteiger charge is 2.17. The van der Waals surface area contributed by atoms with Gasteiger partial charge in [-0.1, -0.05) is 47.5 Å². The summed E-state index contributed by atoms with van der Waals surface area (Å²) in [6.45, 7) is 0. The predicted molar refractivity (Wildman–Crippen MR) is 134 cm³/mol. The fraction of sp³-hybridized carbons (Fsp3) is 0.111. The molecule has 34 heavy (non-hydrogen) atoms. The van der Waals surface area contributed by atoms with Crippen molar-refractivity contribution in [2.45, 2.75) is 19.3 Å². The van der Waals surface area contributed by atoms with Crippen LogP contribution < -0.4 is 4.74 Å². The van der Waals surface area contributed by atoms with Crippen LogP contribution in [0.3, 0.4) is 0 Å². The number of aryl methyl sites for hydroxylation is 1. The van der Waals surface area contributed by atoms with Gasteiger partial charge in [-0.15, -0.1) is 0 Å². The lowest BCUT2D eigenvalue weighted by molar-refractivity contribution is -0.134. The third kappa shape index (κ3) is 4.63. The second-order valence-corrected chi connectivity index (χ2v) is 8.80. The standard InChI is InChI=1S/C27H19Cl2FN2O2/c28-17-9-13-25(21(29)14-17)34-26(33)7-3-5-19-20-15-18(30)10-12-23(20)32-27(19)24-11-8-16-4-1-2-6-22(16)31-24/h1-2,4,6,8-15,32H,3,5,7H2. The molecule has 0 bridgehead atoms. The van der Waals surface area contributed by atoms with E-state index in [0.29, 0.717) is 17.9 Å². The zero-order chi connectivity index (χ0) is 23.7. The van der Waals surface area contributed by atoms with Gasteiger partial charge in [0.2, 0.25) is 0 Å². The number of hydrogen-bond acceptors (Lipinski definition) is 3. The van der Waals surface area contributed by atoms with Crippen LogP contribution in [0.5, 0.6) is 5.75 Å². The SMILES string of the molecule is O=C(CCCc1c(-c2ccc3ccccc3n2)[nH]c2ccc(F)cc12)Oc1ccc(Cl)cc1Cl. The van der Waals surface area contributed by atoms with Crippen molar-refractivity contribution in [3.63, 3.8) is 0 Å². The Morgan fingerprint density at radius 3 is 2.71 bits per heavy atom. The molecule has 0 amide bonds. The monoisotopic (exact) mass is 492 g/mol. The highest BCUT2D eigenvalue weighted by Crippen LogP contribution is 2.33. The Kier molecular flexibility index (Phi) is 6.22. The number of ether oxygens (including phenoxy) is 1. The van der Waals surface area contributed by atoms with Crippen molar-refractivity contribution in [3.8, 4) is 17.1 Å². The van der Waals surface area contributed by atoms with Gasteiger partial charge in [0, 0.05) is 27.7 Å². The van der Waals surface area contributed by atoms with E-state index in [-0.39, 0.29) is 23.0 Å².